The number of halogens is 3. The Morgan fingerprint density at radius 3 is 2.45 bits per heavy atom. The number of urea groups is 1. The van der Waals surface area contributed by atoms with E-state index in [0.29, 0.717) is 13.1 Å². The van der Waals surface area contributed by atoms with Gasteiger partial charge in [0.15, 0.2) is 5.75 Å². The maximum atomic E-state index is 12.3. The van der Waals surface area contributed by atoms with Gasteiger partial charge in [-0.25, -0.2) is 4.79 Å². The molecule has 5 nitrogen and oxygen atoms in total. The predicted octanol–water partition coefficient (Wildman–Crippen LogP) is 3.05. The molecule has 0 aromatic heterocycles. The minimum absolute atomic E-state index is 0.0415. The Balaban J connectivity index is 2.54. The normalized spacial score (nSPS) is 11.4. The van der Waals surface area contributed by atoms with E-state index in [1.165, 1.54) is 18.2 Å². The molecule has 0 saturated carbocycles. The van der Waals surface area contributed by atoms with Crippen LogP contribution in [-0.2, 0) is 0 Å². The van der Waals surface area contributed by atoms with Crippen molar-refractivity contribution in [3.8, 4) is 5.75 Å². The van der Waals surface area contributed by atoms with Gasteiger partial charge in [0.05, 0.1) is 5.69 Å². The highest BCUT2D eigenvalue weighted by Crippen LogP contribution is 2.29. The molecular formula is C14H20F3N3O2. The fraction of sp³-hybridized carbons (Fsp3) is 0.500. The number of para-hydroxylation sites is 2. The van der Waals surface area contributed by atoms with Gasteiger partial charge in [0.2, 0.25) is 0 Å². The number of carbonyl (C=O) groups excluding carboxylic acids is 1. The molecule has 0 atom stereocenters. The third-order valence-electron chi connectivity index (χ3n) is 2.97. The average Bonchev–Trinajstić information content (AvgIpc) is 2.44. The molecule has 0 fully saturated rings. The molecule has 8 heteroatoms. The lowest BCUT2D eigenvalue weighted by Crippen LogP contribution is -2.37. The summed E-state index contributed by atoms with van der Waals surface area (Å²) in [4.78, 5) is 13.8. The van der Waals surface area contributed by atoms with Crippen molar-refractivity contribution in [2.24, 2.45) is 0 Å². The third-order valence-corrected chi connectivity index (χ3v) is 2.97. The second kappa shape index (κ2) is 8.47. The van der Waals surface area contributed by atoms with E-state index in [1.54, 1.807) is 0 Å². The van der Waals surface area contributed by atoms with E-state index in [4.69, 9.17) is 0 Å². The molecule has 2 amide bonds. The number of hydrogen-bond acceptors (Lipinski definition) is 3. The maximum Gasteiger partial charge on any atom is 0.573 e. The van der Waals surface area contributed by atoms with Crippen LogP contribution in [0.4, 0.5) is 23.7 Å². The topological polar surface area (TPSA) is 53.6 Å². The number of likely N-dealkylation sites (N-methyl/N-ethyl adjacent to an activating group) is 1. The molecule has 0 aliphatic carbocycles. The fourth-order valence-corrected chi connectivity index (χ4v) is 1.82. The molecular weight excluding hydrogens is 299 g/mol. The summed E-state index contributed by atoms with van der Waals surface area (Å²) in [7, 11) is 0. The molecule has 22 heavy (non-hydrogen) atoms. The van der Waals surface area contributed by atoms with Gasteiger partial charge in [-0.15, -0.1) is 13.2 Å². The standard InChI is InChI=1S/C14H20F3N3O2/c1-3-20(4-2)10-9-18-13(21)19-11-7-5-6-8-12(11)22-14(15,16)17/h5-8H,3-4,9-10H2,1-2H3,(H2,18,19,21). The van der Waals surface area contributed by atoms with Crippen molar-refractivity contribution in [2.45, 2.75) is 20.2 Å². The summed E-state index contributed by atoms with van der Waals surface area (Å²) in [5.74, 6) is -0.450. The van der Waals surface area contributed by atoms with Crippen LogP contribution in [0, 0.1) is 0 Å². The van der Waals surface area contributed by atoms with E-state index in [9.17, 15) is 18.0 Å². The van der Waals surface area contributed by atoms with Gasteiger partial charge in [0.1, 0.15) is 0 Å². The minimum Gasteiger partial charge on any atom is -0.404 e. The number of carbonyl (C=O) groups is 1. The molecule has 0 saturated heterocycles. The second-order valence-corrected chi connectivity index (χ2v) is 4.45. The van der Waals surface area contributed by atoms with Crippen molar-refractivity contribution >= 4 is 11.7 Å². The molecule has 1 aromatic rings. The first-order chi connectivity index (χ1) is 10.4. The Morgan fingerprint density at radius 1 is 1.23 bits per heavy atom. The first kappa shape index (κ1) is 18.1. The zero-order valence-electron chi connectivity index (χ0n) is 12.5. The van der Waals surface area contributed by atoms with Crippen LogP contribution in [-0.4, -0.2) is 43.5 Å². The SMILES string of the molecule is CCN(CC)CCNC(=O)Nc1ccccc1OC(F)(F)F. The molecule has 0 radical (unpaired) electrons. The van der Waals surface area contributed by atoms with E-state index < -0.39 is 18.1 Å². The van der Waals surface area contributed by atoms with Crippen LogP contribution in [0.15, 0.2) is 24.3 Å². The van der Waals surface area contributed by atoms with Crippen molar-refractivity contribution in [1.29, 1.82) is 0 Å². The number of benzene rings is 1. The monoisotopic (exact) mass is 319 g/mol. The summed E-state index contributed by atoms with van der Waals surface area (Å²) < 4.78 is 40.7. The minimum atomic E-state index is -4.81. The van der Waals surface area contributed by atoms with Gasteiger partial charge in [0, 0.05) is 13.1 Å². The number of anilines is 1. The molecule has 0 heterocycles. The molecule has 1 aromatic carbocycles. The maximum absolute atomic E-state index is 12.3. The van der Waals surface area contributed by atoms with Gasteiger partial charge in [-0.2, -0.15) is 0 Å². The van der Waals surface area contributed by atoms with Crippen molar-refractivity contribution < 1.29 is 22.7 Å². The predicted molar refractivity (Wildman–Crippen MR) is 77.9 cm³/mol. The highest BCUT2D eigenvalue weighted by Gasteiger charge is 2.32. The van der Waals surface area contributed by atoms with E-state index in [0.717, 1.165) is 19.2 Å². The van der Waals surface area contributed by atoms with E-state index in [1.807, 2.05) is 13.8 Å². The molecule has 0 spiro atoms. The molecule has 2 N–H and O–H groups in total. The first-order valence-corrected chi connectivity index (χ1v) is 6.97. The molecule has 0 unspecified atom stereocenters. The lowest BCUT2D eigenvalue weighted by atomic mass is 10.3. The van der Waals surface area contributed by atoms with Crippen LogP contribution in [0.5, 0.6) is 5.75 Å². The quantitative estimate of drug-likeness (QED) is 0.812. The van der Waals surface area contributed by atoms with Crippen LogP contribution in [0.25, 0.3) is 0 Å². The Hall–Kier alpha value is -1.96. The Labute approximate surface area is 127 Å². The summed E-state index contributed by atoms with van der Waals surface area (Å²) in [5, 5.41) is 4.94. The highest BCUT2D eigenvalue weighted by atomic mass is 19.4. The largest absolute Gasteiger partial charge is 0.573 e. The van der Waals surface area contributed by atoms with Crippen molar-refractivity contribution in [3.63, 3.8) is 0 Å². The summed E-state index contributed by atoms with van der Waals surface area (Å²) in [5.41, 5.74) is -0.0415. The van der Waals surface area contributed by atoms with Crippen LogP contribution in [0.2, 0.25) is 0 Å². The lowest BCUT2D eigenvalue weighted by Gasteiger charge is -2.18. The Morgan fingerprint density at radius 2 is 1.86 bits per heavy atom. The van der Waals surface area contributed by atoms with Gasteiger partial charge in [0.25, 0.3) is 0 Å². The number of ether oxygens (including phenoxy) is 1. The van der Waals surface area contributed by atoms with Crippen LogP contribution < -0.4 is 15.4 Å². The summed E-state index contributed by atoms with van der Waals surface area (Å²) >= 11 is 0. The zero-order chi connectivity index (χ0) is 16.6. The van der Waals surface area contributed by atoms with Crippen molar-refractivity contribution in [2.75, 3.05) is 31.5 Å². The molecule has 0 bridgehead atoms. The van der Waals surface area contributed by atoms with Gasteiger partial charge >= 0.3 is 12.4 Å². The summed E-state index contributed by atoms with van der Waals surface area (Å²) in [6.45, 7) is 6.81. The van der Waals surface area contributed by atoms with Crippen LogP contribution >= 0.6 is 0 Å². The molecule has 0 aliphatic rings. The highest BCUT2D eigenvalue weighted by molar-refractivity contribution is 5.90. The zero-order valence-corrected chi connectivity index (χ0v) is 12.5. The van der Waals surface area contributed by atoms with Crippen molar-refractivity contribution in [1.82, 2.24) is 10.2 Å². The van der Waals surface area contributed by atoms with Crippen LogP contribution in [0.3, 0.4) is 0 Å². The van der Waals surface area contributed by atoms with Crippen LogP contribution in [0.1, 0.15) is 13.8 Å². The number of nitrogens with one attached hydrogen (secondary N) is 2. The van der Waals surface area contributed by atoms with E-state index in [2.05, 4.69) is 20.3 Å². The smallest absolute Gasteiger partial charge is 0.404 e. The summed E-state index contributed by atoms with van der Waals surface area (Å²) in [6, 6.07) is 4.80. The van der Waals surface area contributed by atoms with E-state index in [-0.39, 0.29) is 5.69 Å². The van der Waals surface area contributed by atoms with Gasteiger partial charge < -0.3 is 20.3 Å². The molecule has 124 valence electrons. The number of alkyl halides is 3. The lowest BCUT2D eigenvalue weighted by molar-refractivity contribution is -0.274. The van der Waals surface area contributed by atoms with Gasteiger partial charge in [-0.1, -0.05) is 26.0 Å². The first-order valence-electron chi connectivity index (χ1n) is 6.97. The molecule has 0 aliphatic heterocycles. The Bertz CT molecular complexity index is 477. The van der Waals surface area contributed by atoms with Gasteiger partial charge in [-0.3, -0.25) is 0 Å². The summed E-state index contributed by atoms with van der Waals surface area (Å²) in [6.07, 6.45) is -4.81. The van der Waals surface area contributed by atoms with Crippen molar-refractivity contribution in [3.05, 3.63) is 24.3 Å². The second-order valence-electron chi connectivity index (χ2n) is 4.45. The van der Waals surface area contributed by atoms with Gasteiger partial charge in [-0.05, 0) is 25.2 Å². The third kappa shape index (κ3) is 6.66. The fourth-order valence-electron chi connectivity index (χ4n) is 1.82. The Kier molecular flexibility index (Phi) is 6.97. The number of rotatable bonds is 7. The number of nitrogens with zero attached hydrogens (tertiary/aromatic N) is 1. The average molecular weight is 319 g/mol. The molecule has 1 rings (SSSR count). The number of amides is 2. The van der Waals surface area contributed by atoms with E-state index >= 15 is 0 Å². The number of hydrogen-bond donors (Lipinski definition) is 2.